The summed E-state index contributed by atoms with van der Waals surface area (Å²) < 4.78 is 0. The summed E-state index contributed by atoms with van der Waals surface area (Å²) in [4.78, 5) is 18.2. The van der Waals surface area contributed by atoms with Crippen LogP contribution in [0.15, 0.2) is 30.5 Å². The summed E-state index contributed by atoms with van der Waals surface area (Å²) in [5, 5.41) is 4.39. The normalized spacial score (nSPS) is 18.4. The van der Waals surface area contributed by atoms with Gasteiger partial charge < -0.3 is 15.2 Å². The van der Waals surface area contributed by atoms with Crippen LogP contribution in [0.1, 0.15) is 45.2 Å². The average molecular weight is 313 g/mol. The Morgan fingerprint density at radius 1 is 1.22 bits per heavy atom. The molecule has 1 amide bonds. The second-order valence-electron chi connectivity index (χ2n) is 6.96. The van der Waals surface area contributed by atoms with Gasteiger partial charge in [0.25, 0.3) is 0 Å². The van der Waals surface area contributed by atoms with Crippen molar-refractivity contribution in [2.24, 2.45) is 5.92 Å². The fourth-order valence-corrected chi connectivity index (χ4v) is 3.43. The van der Waals surface area contributed by atoms with Gasteiger partial charge in [0.2, 0.25) is 5.91 Å². The lowest BCUT2D eigenvalue weighted by Crippen LogP contribution is -2.43. The molecule has 0 aliphatic carbocycles. The summed E-state index contributed by atoms with van der Waals surface area (Å²) in [6.45, 7) is 8.56. The molecule has 0 saturated carbocycles. The van der Waals surface area contributed by atoms with Gasteiger partial charge in [0.1, 0.15) is 0 Å². The van der Waals surface area contributed by atoms with Gasteiger partial charge in [0, 0.05) is 23.7 Å². The molecule has 0 unspecified atom stereocenters. The van der Waals surface area contributed by atoms with Crippen LogP contribution >= 0.6 is 0 Å². The Labute approximate surface area is 138 Å². The molecule has 1 fully saturated rings. The average Bonchev–Trinajstić information content (AvgIpc) is 3.02. The minimum atomic E-state index is 0.0462. The first kappa shape index (κ1) is 16.1. The Hall–Kier alpha value is -1.81. The third-order valence-electron chi connectivity index (χ3n) is 5.07. The van der Waals surface area contributed by atoms with E-state index in [0.29, 0.717) is 6.04 Å². The SMILES string of the molecule is CC(C)N1CCC(C(=O)N[C@H](C)c2ccc3[nH]ccc3c2)CC1. The highest BCUT2D eigenvalue weighted by molar-refractivity contribution is 5.81. The molecule has 0 spiro atoms. The zero-order valence-corrected chi connectivity index (χ0v) is 14.3. The van der Waals surface area contributed by atoms with Crippen LogP contribution in [0, 0.1) is 5.92 Å². The Bertz CT molecular complexity index is 668. The van der Waals surface area contributed by atoms with Crippen molar-refractivity contribution < 1.29 is 4.79 Å². The lowest BCUT2D eigenvalue weighted by molar-refractivity contribution is -0.127. The molecule has 4 heteroatoms. The number of nitrogens with one attached hydrogen (secondary N) is 2. The van der Waals surface area contributed by atoms with Crippen LogP contribution in [0.2, 0.25) is 0 Å². The van der Waals surface area contributed by atoms with Gasteiger partial charge in [-0.25, -0.2) is 0 Å². The molecule has 23 heavy (non-hydrogen) atoms. The van der Waals surface area contributed by atoms with Gasteiger partial charge in [0.05, 0.1) is 6.04 Å². The standard InChI is InChI=1S/C19H27N3O/c1-13(2)22-10-7-15(8-11-22)19(23)21-14(3)16-4-5-18-17(12-16)6-9-20-18/h4-6,9,12-15,20H,7-8,10-11H2,1-3H3,(H,21,23)/t14-/m1/s1. The van der Waals surface area contributed by atoms with E-state index in [1.54, 1.807) is 0 Å². The lowest BCUT2D eigenvalue weighted by Gasteiger charge is -2.34. The Balaban J connectivity index is 1.59. The van der Waals surface area contributed by atoms with Crippen molar-refractivity contribution in [1.82, 2.24) is 15.2 Å². The molecule has 1 atom stereocenters. The highest BCUT2D eigenvalue weighted by Crippen LogP contribution is 2.22. The molecule has 124 valence electrons. The quantitative estimate of drug-likeness (QED) is 0.908. The van der Waals surface area contributed by atoms with Crippen LogP contribution in [-0.2, 0) is 4.79 Å². The number of benzene rings is 1. The molecule has 0 radical (unpaired) electrons. The van der Waals surface area contributed by atoms with Gasteiger partial charge in [-0.3, -0.25) is 4.79 Å². The molecular weight excluding hydrogens is 286 g/mol. The van der Waals surface area contributed by atoms with Crippen LogP contribution in [0.5, 0.6) is 0 Å². The van der Waals surface area contributed by atoms with Crippen molar-refractivity contribution in [2.75, 3.05) is 13.1 Å². The first-order valence-electron chi connectivity index (χ1n) is 8.66. The van der Waals surface area contributed by atoms with Crippen molar-refractivity contribution in [3.05, 3.63) is 36.0 Å². The number of hydrogen-bond acceptors (Lipinski definition) is 2. The molecule has 2 N–H and O–H groups in total. The van der Waals surface area contributed by atoms with Crippen molar-refractivity contribution in [1.29, 1.82) is 0 Å². The summed E-state index contributed by atoms with van der Waals surface area (Å²) in [5.74, 6) is 0.360. The number of aromatic nitrogens is 1. The largest absolute Gasteiger partial charge is 0.361 e. The number of rotatable bonds is 4. The first-order valence-corrected chi connectivity index (χ1v) is 8.66. The number of likely N-dealkylation sites (tertiary alicyclic amines) is 1. The van der Waals surface area contributed by atoms with Crippen LogP contribution in [0.4, 0.5) is 0 Å². The maximum atomic E-state index is 12.5. The van der Waals surface area contributed by atoms with Gasteiger partial charge in [-0.1, -0.05) is 6.07 Å². The molecule has 1 aromatic carbocycles. The smallest absolute Gasteiger partial charge is 0.223 e. The number of H-pyrrole nitrogens is 1. The van der Waals surface area contributed by atoms with E-state index >= 15 is 0 Å². The number of amides is 1. The second kappa shape index (κ2) is 6.75. The van der Waals surface area contributed by atoms with E-state index in [0.717, 1.165) is 37.0 Å². The van der Waals surface area contributed by atoms with Gasteiger partial charge in [0.15, 0.2) is 0 Å². The minimum Gasteiger partial charge on any atom is -0.361 e. The summed E-state index contributed by atoms with van der Waals surface area (Å²) in [6.07, 6.45) is 3.88. The monoisotopic (exact) mass is 313 g/mol. The van der Waals surface area contributed by atoms with Gasteiger partial charge in [-0.15, -0.1) is 0 Å². The van der Waals surface area contributed by atoms with Crippen molar-refractivity contribution in [3.63, 3.8) is 0 Å². The van der Waals surface area contributed by atoms with Gasteiger partial charge in [-0.05, 0) is 75.9 Å². The van der Waals surface area contributed by atoms with E-state index in [-0.39, 0.29) is 17.9 Å². The van der Waals surface area contributed by atoms with Crippen molar-refractivity contribution in [2.45, 2.75) is 45.7 Å². The maximum Gasteiger partial charge on any atom is 0.223 e. The molecule has 1 aliphatic heterocycles. The molecule has 1 saturated heterocycles. The summed E-state index contributed by atoms with van der Waals surface area (Å²) >= 11 is 0. The number of hydrogen-bond donors (Lipinski definition) is 2. The minimum absolute atomic E-state index is 0.0462. The number of carbonyl (C=O) groups is 1. The van der Waals surface area contributed by atoms with Crippen LogP contribution < -0.4 is 5.32 Å². The molecule has 0 bridgehead atoms. The van der Waals surface area contributed by atoms with E-state index in [2.05, 4.69) is 60.2 Å². The van der Waals surface area contributed by atoms with E-state index in [1.807, 2.05) is 6.20 Å². The molecule has 4 nitrogen and oxygen atoms in total. The predicted molar refractivity (Wildman–Crippen MR) is 94.3 cm³/mol. The number of fused-ring (bicyclic) bond motifs is 1. The Morgan fingerprint density at radius 3 is 2.65 bits per heavy atom. The van der Waals surface area contributed by atoms with Crippen molar-refractivity contribution >= 4 is 16.8 Å². The maximum absolute atomic E-state index is 12.5. The lowest BCUT2D eigenvalue weighted by atomic mass is 9.94. The third-order valence-corrected chi connectivity index (χ3v) is 5.07. The molecule has 1 aliphatic rings. The summed E-state index contributed by atoms with van der Waals surface area (Å²) in [7, 11) is 0. The van der Waals surface area contributed by atoms with E-state index in [4.69, 9.17) is 0 Å². The van der Waals surface area contributed by atoms with Crippen LogP contribution in [0.25, 0.3) is 10.9 Å². The second-order valence-corrected chi connectivity index (χ2v) is 6.96. The van der Waals surface area contributed by atoms with E-state index in [9.17, 15) is 4.79 Å². The van der Waals surface area contributed by atoms with Gasteiger partial charge >= 0.3 is 0 Å². The summed E-state index contributed by atoms with van der Waals surface area (Å²) in [5.41, 5.74) is 2.29. The molecule has 2 heterocycles. The highest BCUT2D eigenvalue weighted by Gasteiger charge is 2.26. The van der Waals surface area contributed by atoms with Gasteiger partial charge in [-0.2, -0.15) is 0 Å². The van der Waals surface area contributed by atoms with Crippen LogP contribution in [-0.4, -0.2) is 34.9 Å². The number of piperidine rings is 1. The van der Waals surface area contributed by atoms with E-state index in [1.165, 1.54) is 5.39 Å². The van der Waals surface area contributed by atoms with Crippen LogP contribution in [0.3, 0.4) is 0 Å². The molecule has 1 aromatic heterocycles. The molecular formula is C19H27N3O. The highest BCUT2D eigenvalue weighted by atomic mass is 16.1. The zero-order chi connectivity index (χ0) is 16.4. The Kier molecular flexibility index (Phi) is 4.71. The third kappa shape index (κ3) is 3.58. The number of carbonyl (C=O) groups excluding carboxylic acids is 1. The number of aromatic amines is 1. The molecule has 3 rings (SSSR count). The fourth-order valence-electron chi connectivity index (χ4n) is 3.43. The fraction of sp³-hybridized carbons (Fsp3) is 0.526. The predicted octanol–water partition coefficient (Wildman–Crippen LogP) is 3.47. The Morgan fingerprint density at radius 2 is 1.96 bits per heavy atom. The summed E-state index contributed by atoms with van der Waals surface area (Å²) in [6, 6.07) is 9.00. The molecule has 2 aromatic rings. The zero-order valence-electron chi connectivity index (χ0n) is 14.3. The van der Waals surface area contributed by atoms with Crippen molar-refractivity contribution in [3.8, 4) is 0 Å². The topological polar surface area (TPSA) is 48.1 Å². The van der Waals surface area contributed by atoms with E-state index < -0.39 is 0 Å². The number of nitrogens with zero attached hydrogens (tertiary/aromatic N) is 1. The first-order chi connectivity index (χ1) is 11.0.